The van der Waals surface area contributed by atoms with Gasteiger partial charge in [0.15, 0.2) is 5.58 Å². The Morgan fingerprint density at radius 2 is 0.831 bits per heavy atom. The molecule has 2 aliphatic carbocycles. The fraction of sp³-hybridized carbons (Fsp3) is 0.0164. The predicted molar refractivity (Wildman–Crippen MR) is 267 cm³/mol. The highest BCUT2D eigenvalue weighted by molar-refractivity contribution is 6.14. The zero-order chi connectivity index (χ0) is 42.6. The molecule has 0 aliphatic heterocycles. The van der Waals surface area contributed by atoms with E-state index >= 15 is 0 Å². The summed E-state index contributed by atoms with van der Waals surface area (Å²) in [7, 11) is 0. The molecule has 2 aliphatic rings. The summed E-state index contributed by atoms with van der Waals surface area (Å²) >= 11 is 0. The van der Waals surface area contributed by atoms with E-state index in [2.05, 4.69) is 228 Å². The quantitative estimate of drug-likeness (QED) is 0.167. The van der Waals surface area contributed by atoms with Gasteiger partial charge < -0.3 is 18.6 Å². The van der Waals surface area contributed by atoms with E-state index in [-0.39, 0.29) is 0 Å². The lowest BCUT2D eigenvalue weighted by molar-refractivity contribution is 0.668. The van der Waals surface area contributed by atoms with Gasteiger partial charge in [0.2, 0.25) is 0 Å². The number of fused-ring (bicyclic) bond motifs is 16. The third-order valence-corrected chi connectivity index (χ3v) is 13.8. The van der Waals surface area contributed by atoms with Crippen molar-refractivity contribution in [3.63, 3.8) is 0 Å². The van der Waals surface area contributed by atoms with Gasteiger partial charge in [-0.15, -0.1) is 0 Å². The maximum Gasteiger partial charge on any atom is 0.159 e. The summed E-state index contributed by atoms with van der Waals surface area (Å²) < 4.78 is 13.3. The van der Waals surface area contributed by atoms with E-state index in [9.17, 15) is 0 Å². The molecule has 0 atom stereocenters. The van der Waals surface area contributed by atoms with Gasteiger partial charge in [-0.25, -0.2) is 0 Å². The Balaban J connectivity index is 1.09. The van der Waals surface area contributed by atoms with Crippen LogP contribution in [0.4, 0.5) is 34.1 Å². The first-order valence-corrected chi connectivity index (χ1v) is 22.3. The standard InChI is InChI=1S/C61H38N2O2/c1-3-18-39(19-4-1)62(54-32-16-27-47-45-24-9-13-33-55(45)65-60(47)54)41-36-37-44-46-26-15-31-53(59(46)61(51(44)38-41)49-28-11-7-22-42(49)43-23-8-12-29-50(43)61)63(40-20-5-2-6-21-40)52-30-17-35-57-58(52)48-25-10-14-34-56(48)64-57/h1-38H. The van der Waals surface area contributed by atoms with Crippen LogP contribution >= 0.6 is 0 Å². The minimum Gasteiger partial charge on any atom is -0.456 e. The molecule has 0 unspecified atom stereocenters. The molecule has 0 saturated carbocycles. The van der Waals surface area contributed by atoms with Gasteiger partial charge in [-0.2, -0.15) is 0 Å². The number of anilines is 6. The van der Waals surface area contributed by atoms with E-state index in [1.807, 2.05) is 12.1 Å². The van der Waals surface area contributed by atoms with Crippen LogP contribution < -0.4 is 9.80 Å². The molecule has 0 amide bonds. The lowest BCUT2D eigenvalue weighted by Gasteiger charge is -2.36. The van der Waals surface area contributed by atoms with E-state index in [0.717, 1.165) is 78.0 Å². The van der Waals surface area contributed by atoms with Gasteiger partial charge in [-0.3, -0.25) is 0 Å². The normalized spacial score (nSPS) is 13.0. The summed E-state index contributed by atoms with van der Waals surface area (Å²) in [5.41, 5.74) is 19.1. The van der Waals surface area contributed by atoms with E-state index < -0.39 is 5.41 Å². The van der Waals surface area contributed by atoms with E-state index in [1.54, 1.807) is 0 Å². The summed E-state index contributed by atoms with van der Waals surface area (Å²) in [5, 5.41) is 4.37. The summed E-state index contributed by atoms with van der Waals surface area (Å²) in [6.45, 7) is 0. The second-order valence-corrected chi connectivity index (χ2v) is 17.1. The van der Waals surface area contributed by atoms with Crippen LogP contribution in [-0.2, 0) is 5.41 Å². The second-order valence-electron chi connectivity index (χ2n) is 17.1. The number of benzene rings is 10. The Labute approximate surface area is 375 Å². The third-order valence-electron chi connectivity index (χ3n) is 13.8. The van der Waals surface area contributed by atoms with Crippen molar-refractivity contribution in [3.05, 3.63) is 253 Å². The van der Waals surface area contributed by atoms with Crippen LogP contribution in [-0.4, -0.2) is 0 Å². The van der Waals surface area contributed by atoms with Crippen molar-refractivity contribution < 1.29 is 8.83 Å². The molecule has 304 valence electrons. The first kappa shape index (κ1) is 35.9. The molecule has 0 N–H and O–H groups in total. The van der Waals surface area contributed by atoms with Gasteiger partial charge in [0, 0.05) is 38.8 Å². The lowest BCUT2D eigenvalue weighted by atomic mass is 9.69. The molecule has 10 aromatic carbocycles. The minimum atomic E-state index is -0.683. The van der Waals surface area contributed by atoms with Crippen molar-refractivity contribution in [2.75, 3.05) is 9.80 Å². The Bertz CT molecular complexity index is 3820. The van der Waals surface area contributed by atoms with Crippen molar-refractivity contribution >= 4 is 78.0 Å². The highest BCUT2D eigenvalue weighted by atomic mass is 16.3. The summed E-state index contributed by atoms with van der Waals surface area (Å²) in [4.78, 5) is 4.84. The number of hydrogen-bond donors (Lipinski definition) is 0. The number of rotatable bonds is 6. The van der Waals surface area contributed by atoms with Crippen LogP contribution in [0.15, 0.2) is 239 Å². The Hall–Kier alpha value is -8.60. The van der Waals surface area contributed by atoms with Crippen LogP contribution in [0.5, 0.6) is 0 Å². The Kier molecular flexibility index (Phi) is 7.57. The number of para-hydroxylation sites is 5. The van der Waals surface area contributed by atoms with E-state index in [0.29, 0.717) is 0 Å². The molecule has 0 fully saturated rings. The highest BCUT2D eigenvalue weighted by Crippen LogP contribution is 2.66. The lowest BCUT2D eigenvalue weighted by Crippen LogP contribution is -2.28. The monoisotopic (exact) mass is 830 g/mol. The maximum atomic E-state index is 6.76. The summed E-state index contributed by atoms with van der Waals surface area (Å²) in [6.07, 6.45) is 0. The van der Waals surface area contributed by atoms with Gasteiger partial charge in [0.25, 0.3) is 0 Å². The molecule has 0 saturated heterocycles. The summed E-state index contributed by atoms with van der Waals surface area (Å²) in [6, 6.07) is 83.3. The van der Waals surface area contributed by atoms with Crippen molar-refractivity contribution in [2.24, 2.45) is 0 Å². The summed E-state index contributed by atoms with van der Waals surface area (Å²) in [5.74, 6) is 0. The van der Waals surface area contributed by atoms with Crippen molar-refractivity contribution in [1.82, 2.24) is 0 Å². The second kappa shape index (κ2) is 13.7. The highest BCUT2D eigenvalue weighted by Gasteiger charge is 2.53. The maximum absolute atomic E-state index is 6.76. The average Bonchev–Trinajstić information content (AvgIpc) is 4.11. The molecule has 0 bridgehead atoms. The van der Waals surface area contributed by atoms with Gasteiger partial charge in [-0.1, -0.05) is 158 Å². The molecule has 14 rings (SSSR count). The molecule has 12 aromatic rings. The molecule has 0 radical (unpaired) electrons. The zero-order valence-electron chi connectivity index (χ0n) is 35.2. The molecule has 1 spiro atoms. The zero-order valence-corrected chi connectivity index (χ0v) is 35.2. The van der Waals surface area contributed by atoms with Crippen LogP contribution in [0, 0.1) is 0 Å². The molecular formula is C61H38N2O2. The van der Waals surface area contributed by atoms with Gasteiger partial charge >= 0.3 is 0 Å². The molecule has 4 heteroatoms. The van der Waals surface area contributed by atoms with Gasteiger partial charge in [-0.05, 0) is 112 Å². The van der Waals surface area contributed by atoms with E-state index in [1.165, 1.54) is 44.5 Å². The largest absolute Gasteiger partial charge is 0.456 e. The molecule has 65 heavy (non-hydrogen) atoms. The molecule has 2 heterocycles. The smallest absolute Gasteiger partial charge is 0.159 e. The number of hydrogen-bond acceptors (Lipinski definition) is 4. The number of nitrogens with zero attached hydrogens (tertiary/aromatic N) is 2. The SMILES string of the molecule is c1ccc(N(c2ccc3c(c2)C2(c4ccccc4-c4ccccc42)c2c-3cccc2N(c2ccccc2)c2cccc3oc4ccccc4c23)c2cccc3c2oc2ccccc23)cc1. The fourth-order valence-corrected chi connectivity index (χ4v) is 11.3. The van der Waals surface area contributed by atoms with Crippen LogP contribution in [0.3, 0.4) is 0 Å². The van der Waals surface area contributed by atoms with Crippen LogP contribution in [0.1, 0.15) is 22.3 Å². The minimum absolute atomic E-state index is 0.683. The van der Waals surface area contributed by atoms with Crippen LogP contribution in [0.2, 0.25) is 0 Å². The van der Waals surface area contributed by atoms with Gasteiger partial charge in [0.1, 0.15) is 16.7 Å². The van der Waals surface area contributed by atoms with E-state index in [4.69, 9.17) is 8.83 Å². The average molecular weight is 831 g/mol. The van der Waals surface area contributed by atoms with Crippen molar-refractivity contribution in [3.8, 4) is 22.3 Å². The number of furan rings is 2. The van der Waals surface area contributed by atoms with Crippen molar-refractivity contribution in [2.45, 2.75) is 5.41 Å². The molecule has 2 aromatic heterocycles. The third kappa shape index (κ3) is 4.96. The predicted octanol–water partition coefficient (Wildman–Crippen LogP) is 16.8. The molecular weight excluding hydrogens is 793 g/mol. The molecule has 4 nitrogen and oxygen atoms in total. The van der Waals surface area contributed by atoms with Gasteiger partial charge in [0.05, 0.1) is 27.9 Å². The van der Waals surface area contributed by atoms with Crippen LogP contribution in [0.25, 0.3) is 66.1 Å². The Morgan fingerprint density at radius 1 is 0.308 bits per heavy atom. The first-order chi connectivity index (χ1) is 32.3. The first-order valence-electron chi connectivity index (χ1n) is 22.3. The Morgan fingerprint density at radius 3 is 1.58 bits per heavy atom. The van der Waals surface area contributed by atoms with Crippen molar-refractivity contribution in [1.29, 1.82) is 0 Å². The topological polar surface area (TPSA) is 32.8 Å². The fourth-order valence-electron chi connectivity index (χ4n) is 11.3.